The second kappa shape index (κ2) is 30.8. The highest BCUT2D eigenvalue weighted by atomic mass is 79.9. The molecule has 4 rings (SSSR count). The summed E-state index contributed by atoms with van der Waals surface area (Å²) in [6.45, 7) is 14.5. The van der Waals surface area contributed by atoms with Gasteiger partial charge in [-0.15, -0.1) is 0 Å². The van der Waals surface area contributed by atoms with Crippen molar-refractivity contribution in [3.63, 3.8) is 0 Å². The Morgan fingerprint density at radius 2 is 1.60 bits per heavy atom. The first-order chi connectivity index (χ1) is 36.7. The summed E-state index contributed by atoms with van der Waals surface area (Å²) in [5, 5.41) is 33.8. The topological polar surface area (TPSA) is 248 Å². The molecule has 3 fully saturated rings. The lowest BCUT2D eigenvalue weighted by molar-refractivity contribution is -0.265. The average Bonchev–Trinajstić information content (AvgIpc) is 3.48. The fourth-order valence-corrected chi connectivity index (χ4v) is 11.2. The Balaban J connectivity index is 1.67. The quantitative estimate of drug-likeness (QED) is 0.0766. The number of Topliss-reactive ketones (excluding diaryl/α,β-unsaturated/α-hetero) is 3. The van der Waals surface area contributed by atoms with Crippen molar-refractivity contribution in [3.05, 3.63) is 47.6 Å². The summed E-state index contributed by atoms with van der Waals surface area (Å²) < 4.78 is 41.0. The fraction of sp³-hybridized carbons (Fsp3) is 0.746. The standard InChI is InChI=1S/C59H90BrNO17/c1-34-18-14-13-15-19-35(2)47(72-10)30-43-23-21-40(7)59(71,78-43)53(66)54(67)61-25-17-16-20-44(61)56(69)76-48(31-45(63)36(3)27-39(6)51(65)52(74-12)50(64)38(5)26-34)37(4)28-42-22-24-46(49(29-42)73-11)77-57(70)58(9,32-62)33-75-55(68)41(8)60/h13-15,18-19,27,34,37-44,46-49,51-52,62,65,71H,16-17,20-26,28-33H2,1-12H3/b15-13?,18-14?,35-19?,36-27+. The number of alkyl halides is 1. The Kier molecular flexibility index (Phi) is 26.2. The summed E-state index contributed by atoms with van der Waals surface area (Å²) in [5.41, 5.74) is -0.422. The molecule has 0 aromatic carbocycles. The zero-order valence-corrected chi connectivity index (χ0v) is 49.7. The molecule has 1 aliphatic carbocycles. The number of allylic oxidation sites excluding steroid dienone is 6. The number of carbonyl (C=O) groups excluding carboxylic acids is 7. The number of cyclic esters (lactones) is 1. The third-order valence-corrected chi connectivity index (χ3v) is 16.8. The van der Waals surface area contributed by atoms with E-state index in [1.54, 1.807) is 47.8 Å². The number of esters is 3. The minimum atomic E-state index is -2.48. The van der Waals surface area contributed by atoms with Crippen molar-refractivity contribution < 1.29 is 82.0 Å². The fourth-order valence-electron chi connectivity index (χ4n) is 11.0. The second-order valence-corrected chi connectivity index (χ2v) is 24.3. The molecule has 17 unspecified atom stereocenters. The normalized spacial score (nSPS) is 35.3. The minimum Gasteiger partial charge on any atom is -0.464 e. The number of halogens is 1. The van der Waals surface area contributed by atoms with Crippen LogP contribution in [0.5, 0.6) is 0 Å². The van der Waals surface area contributed by atoms with Gasteiger partial charge in [0.05, 0.1) is 31.0 Å². The zero-order valence-electron chi connectivity index (χ0n) is 48.1. The van der Waals surface area contributed by atoms with Gasteiger partial charge in [0.15, 0.2) is 11.6 Å². The number of ketones is 3. The number of piperidine rings is 1. The van der Waals surface area contributed by atoms with E-state index in [9.17, 15) is 48.9 Å². The van der Waals surface area contributed by atoms with Crippen LogP contribution < -0.4 is 0 Å². The van der Waals surface area contributed by atoms with Crippen LogP contribution in [-0.4, -0.2) is 162 Å². The van der Waals surface area contributed by atoms with Gasteiger partial charge in [-0.05, 0) is 121 Å². The Labute approximate surface area is 470 Å². The molecule has 1 saturated carbocycles. The summed E-state index contributed by atoms with van der Waals surface area (Å²) in [7, 11) is 4.42. The van der Waals surface area contributed by atoms with Gasteiger partial charge >= 0.3 is 17.9 Å². The van der Waals surface area contributed by atoms with Gasteiger partial charge in [0, 0.05) is 58.5 Å². The number of fused-ring (bicyclic) bond motifs is 3. The van der Waals surface area contributed by atoms with Crippen LogP contribution in [0, 0.1) is 40.9 Å². The van der Waals surface area contributed by atoms with E-state index in [2.05, 4.69) is 15.9 Å². The maximum atomic E-state index is 14.6. The average molecular weight is 1170 g/mol. The molecule has 0 aromatic heterocycles. The van der Waals surface area contributed by atoms with Crippen LogP contribution in [0.3, 0.4) is 0 Å². The number of amides is 1. The first-order valence-corrected chi connectivity index (χ1v) is 28.8. The predicted molar refractivity (Wildman–Crippen MR) is 294 cm³/mol. The van der Waals surface area contributed by atoms with Crippen LogP contribution >= 0.6 is 15.9 Å². The molecule has 3 N–H and O–H groups in total. The minimum absolute atomic E-state index is 0.0123. The van der Waals surface area contributed by atoms with E-state index in [0.29, 0.717) is 57.8 Å². The van der Waals surface area contributed by atoms with Crippen molar-refractivity contribution in [2.45, 2.75) is 199 Å². The Hall–Kier alpha value is -3.95. The molecule has 2 bridgehead atoms. The Bertz CT molecular complexity index is 2190. The van der Waals surface area contributed by atoms with E-state index in [-0.39, 0.29) is 49.0 Å². The molecule has 440 valence electrons. The zero-order chi connectivity index (χ0) is 58.2. The van der Waals surface area contributed by atoms with Crippen molar-refractivity contribution in [2.24, 2.45) is 40.9 Å². The molecule has 0 spiro atoms. The maximum absolute atomic E-state index is 14.6. The van der Waals surface area contributed by atoms with E-state index < -0.39 is 137 Å². The third kappa shape index (κ3) is 17.8. The first kappa shape index (κ1) is 66.6. The summed E-state index contributed by atoms with van der Waals surface area (Å²) >= 11 is 3.14. The number of rotatable bonds is 12. The second-order valence-electron chi connectivity index (χ2n) is 22.9. The SMILES string of the molecule is COC1CC2CCC(C)C(O)(O2)C(=O)C(=O)N2CCCCC2C(=O)OC(C(C)CC2CCC(OC(=O)C(C)(CO)COC(=O)C(C)Br)C(OC)C2)CC(=O)/C(C)=C/C(C)C(O)C(OC)C(=O)C(C)CC(C)C=CC=CC=C1C. The molecule has 3 heterocycles. The number of methoxy groups -OCH3 is 3. The molecular formula is C59H90BrNO17. The maximum Gasteiger partial charge on any atom is 0.329 e. The molecule has 3 aliphatic heterocycles. The van der Waals surface area contributed by atoms with Gasteiger partial charge in [0.2, 0.25) is 5.79 Å². The van der Waals surface area contributed by atoms with Gasteiger partial charge in [-0.1, -0.05) is 87.0 Å². The largest absolute Gasteiger partial charge is 0.464 e. The molecule has 2 saturated heterocycles. The van der Waals surface area contributed by atoms with Gasteiger partial charge < -0.3 is 53.4 Å². The van der Waals surface area contributed by atoms with Gasteiger partial charge in [-0.3, -0.25) is 28.8 Å². The highest BCUT2D eigenvalue weighted by Crippen LogP contribution is 2.39. The molecule has 18 nitrogen and oxygen atoms in total. The van der Waals surface area contributed by atoms with Crippen LogP contribution in [0.1, 0.15) is 139 Å². The lowest BCUT2D eigenvalue weighted by Crippen LogP contribution is -2.61. The number of hydrogen-bond donors (Lipinski definition) is 3. The van der Waals surface area contributed by atoms with Gasteiger partial charge in [-0.25, -0.2) is 4.79 Å². The Morgan fingerprint density at radius 1 is 0.897 bits per heavy atom. The number of carbonyl (C=O) groups is 7. The molecule has 1 amide bonds. The van der Waals surface area contributed by atoms with Crippen molar-refractivity contribution >= 4 is 57.1 Å². The molecular weight excluding hydrogens is 1070 g/mol. The van der Waals surface area contributed by atoms with Crippen LogP contribution in [0.4, 0.5) is 0 Å². The van der Waals surface area contributed by atoms with Gasteiger partial charge in [0.1, 0.15) is 41.2 Å². The van der Waals surface area contributed by atoms with Crippen molar-refractivity contribution in [2.75, 3.05) is 41.1 Å². The highest BCUT2D eigenvalue weighted by molar-refractivity contribution is 9.10. The third-order valence-electron chi connectivity index (χ3n) is 16.4. The lowest BCUT2D eigenvalue weighted by atomic mass is 9.78. The molecule has 19 heteroatoms. The van der Waals surface area contributed by atoms with E-state index in [1.165, 1.54) is 21.1 Å². The van der Waals surface area contributed by atoms with Crippen LogP contribution in [0.2, 0.25) is 0 Å². The number of ether oxygens (including phenoxy) is 7. The van der Waals surface area contributed by atoms with Crippen LogP contribution in [0.25, 0.3) is 0 Å². The summed E-state index contributed by atoms with van der Waals surface area (Å²) in [6, 6.07) is -1.22. The summed E-state index contributed by atoms with van der Waals surface area (Å²) in [4.78, 5) is 97.7. The van der Waals surface area contributed by atoms with Crippen molar-refractivity contribution in [1.29, 1.82) is 0 Å². The highest BCUT2D eigenvalue weighted by Gasteiger charge is 2.53. The predicted octanol–water partition coefficient (Wildman–Crippen LogP) is 7.06. The number of nitrogens with zero attached hydrogens (tertiary/aromatic N) is 1. The number of hydrogen-bond acceptors (Lipinski definition) is 17. The van der Waals surface area contributed by atoms with Gasteiger partial charge in [0.25, 0.3) is 11.7 Å². The molecule has 4 aliphatic rings. The number of aliphatic hydroxyl groups excluding tert-OH is 2. The summed E-state index contributed by atoms with van der Waals surface area (Å²) in [5.74, 6) is -10.1. The Morgan fingerprint density at radius 3 is 2.24 bits per heavy atom. The smallest absolute Gasteiger partial charge is 0.329 e. The lowest BCUT2D eigenvalue weighted by Gasteiger charge is -2.42. The molecule has 0 aromatic rings. The van der Waals surface area contributed by atoms with Crippen LogP contribution in [-0.2, 0) is 66.7 Å². The van der Waals surface area contributed by atoms with E-state index in [4.69, 9.17) is 33.2 Å². The number of aliphatic hydroxyl groups is 3. The first-order valence-electron chi connectivity index (χ1n) is 27.9. The van der Waals surface area contributed by atoms with Crippen molar-refractivity contribution in [1.82, 2.24) is 4.90 Å². The van der Waals surface area contributed by atoms with E-state index >= 15 is 0 Å². The van der Waals surface area contributed by atoms with Gasteiger partial charge in [-0.2, -0.15) is 0 Å². The van der Waals surface area contributed by atoms with E-state index in [1.807, 2.05) is 51.2 Å². The van der Waals surface area contributed by atoms with Crippen molar-refractivity contribution in [3.8, 4) is 0 Å². The molecule has 0 radical (unpaired) electrons. The summed E-state index contributed by atoms with van der Waals surface area (Å²) in [6.07, 6.45) is 9.43. The van der Waals surface area contributed by atoms with E-state index in [0.717, 1.165) is 10.5 Å². The molecule has 78 heavy (non-hydrogen) atoms. The monoisotopic (exact) mass is 1160 g/mol. The van der Waals surface area contributed by atoms with Crippen LogP contribution in [0.15, 0.2) is 47.6 Å². The molecule has 17 atom stereocenters.